The van der Waals surface area contributed by atoms with Gasteiger partial charge in [0.2, 0.25) is 0 Å². The molecule has 2 nitrogen and oxygen atoms in total. The maximum Gasteiger partial charge on any atom is 0.161 e. The standard InChI is InChI=1S/C17H19ClN2/c1-11(2)12-7-9-13(10-8-12)17-19-15-6-4-3-5-14(15)16(18)20-17/h7-11H,3-6H2,1-2H3. The zero-order valence-corrected chi connectivity index (χ0v) is 12.7. The van der Waals surface area contributed by atoms with Gasteiger partial charge in [-0.15, -0.1) is 0 Å². The van der Waals surface area contributed by atoms with Gasteiger partial charge in [0, 0.05) is 16.8 Å². The first-order chi connectivity index (χ1) is 9.65. The molecule has 0 atom stereocenters. The van der Waals surface area contributed by atoms with Gasteiger partial charge in [-0.05, 0) is 37.2 Å². The van der Waals surface area contributed by atoms with Crippen molar-refractivity contribution in [1.29, 1.82) is 0 Å². The van der Waals surface area contributed by atoms with Crippen molar-refractivity contribution < 1.29 is 0 Å². The number of aryl methyl sites for hydroxylation is 1. The van der Waals surface area contributed by atoms with E-state index in [0.29, 0.717) is 11.1 Å². The van der Waals surface area contributed by atoms with E-state index in [1.165, 1.54) is 18.4 Å². The third-order valence-corrected chi connectivity index (χ3v) is 4.28. The van der Waals surface area contributed by atoms with Gasteiger partial charge < -0.3 is 0 Å². The normalized spacial score (nSPS) is 14.4. The van der Waals surface area contributed by atoms with Crippen LogP contribution in [-0.4, -0.2) is 9.97 Å². The van der Waals surface area contributed by atoms with E-state index in [0.717, 1.165) is 35.5 Å². The number of halogens is 1. The monoisotopic (exact) mass is 286 g/mol. The lowest BCUT2D eigenvalue weighted by Crippen LogP contribution is -2.08. The Balaban J connectivity index is 1.99. The Bertz CT molecular complexity index is 618. The summed E-state index contributed by atoms with van der Waals surface area (Å²) in [4.78, 5) is 9.21. The van der Waals surface area contributed by atoms with E-state index >= 15 is 0 Å². The Morgan fingerprint density at radius 3 is 2.40 bits per heavy atom. The summed E-state index contributed by atoms with van der Waals surface area (Å²) in [7, 11) is 0. The van der Waals surface area contributed by atoms with Crippen LogP contribution in [0.5, 0.6) is 0 Å². The molecular formula is C17H19ClN2. The highest BCUT2D eigenvalue weighted by Gasteiger charge is 2.17. The van der Waals surface area contributed by atoms with Crippen LogP contribution in [-0.2, 0) is 12.8 Å². The van der Waals surface area contributed by atoms with Gasteiger partial charge in [0.05, 0.1) is 0 Å². The molecule has 0 amide bonds. The fourth-order valence-corrected chi connectivity index (χ4v) is 2.98. The van der Waals surface area contributed by atoms with Crippen LogP contribution in [0.4, 0.5) is 0 Å². The summed E-state index contributed by atoms with van der Waals surface area (Å²) in [6.07, 6.45) is 4.43. The van der Waals surface area contributed by atoms with Crippen molar-refractivity contribution in [1.82, 2.24) is 9.97 Å². The first kappa shape index (κ1) is 13.6. The molecule has 1 heterocycles. The Morgan fingerprint density at radius 1 is 1.00 bits per heavy atom. The topological polar surface area (TPSA) is 25.8 Å². The van der Waals surface area contributed by atoms with E-state index in [-0.39, 0.29) is 0 Å². The first-order valence-electron chi connectivity index (χ1n) is 7.31. The maximum atomic E-state index is 6.33. The molecule has 0 saturated heterocycles. The van der Waals surface area contributed by atoms with Crippen LogP contribution in [0.3, 0.4) is 0 Å². The van der Waals surface area contributed by atoms with E-state index < -0.39 is 0 Å². The average Bonchev–Trinajstić information content (AvgIpc) is 2.47. The lowest BCUT2D eigenvalue weighted by molar-refractivity contribution is 0.663. The third kappa shape index (κ3) is 2.57. The van der Waals surface area contributed by atoms with Crippen molar-refractivity contribution >= 4 is 11.6 Å². The molecule has 0 bridgehead atoms. The molecule has 0 spiro atoms. The van der Waals surface area contributed by atoms with Gasteiger partial charge in [-0.25, -0.2) is 9.97 Å². The van der Waals surface area contributed by atoms with Crippen LogP contribution in [0.25, 0.3) is 11.4 Å². The summed E-state index contributed by atoms with van der Waals surface area (Å²) >= 11 is 6.33. The minimum absolute atomic E-state index is 0.539. The molecule has 3 rings (SSSR count). The van der Waals surface area contributed by atoms with Gasteiger partial charge in [-0.3, -0.25) is 0 Å². The van der Waals surface area contributed by atoms with Crippen LogP contribution in [0, 0.1) is 0 Å². The first-order valence-corrected chi connectivity index (χ1v) is 7.68. The fraction of sp³-hybridized carbons (Fsp3) is 0.412. The van der Waals surface area contributed by atoms with Crippen LogP contribution in [0.15, 0.2) is 24.3 Å². The second-order valence-electron chi connectivity index (χ2n) is 5.75. The number of hydrogen-bond acceptors (Lipinski definition) is 2. The van der Waals surface area contributed by atoms with Crippen LogP contribution >= 0.6 is 11.6 Å². The molecule has 0 radical (unpaired) electrons. The number of aromatic nitrogens is 2. The number of nitrogens with zero attached hydrogens (tertiary/aromatic N) is 2. The van der Waals surface area contributed by atoms with E-state index in [1.807, 2.05) is 0 Å². The van der Waals surface area contributed by atoms with Crippen molar-refractivity contribution in [3.8, 4) is 11.4 Å². The highest BCUT2D eigenvalue weighted by molar-refractivity contribution is 6.30. The summed E-state index contributed by atoms with van der Waals surface area (Å²) in [6.45, 7) is 4.39. The Kier molecular flexibility index (Phi) is 3.75. The van der Waals surface area contributed by atoms with Gasteiger partial charge in [-0.2, -0.15) is 0 Å². The molecule has 0 N–H and O–H groups in total. The molecule has 1 aliphatic carbocycles. The number of rotatable bonds is 2. The van der Waals surface area contributed by atoms with Crippen molar-refractivity contribution in [3.63, 3.8) is 0 Å². The molecular weight excluding hydrogens is 268 g/mol. The molecule has 3 heteroatoms. The van der Waals surface area contributed by atoms with Crippen LogP contribution in [0.2, 0.25) is 5.15 Å². The zero-order chi connectivity index (χ0) is 14.1. The summed E-state index contributed by atoms with van der Waals surface area (Å²) in [5, 5.41) is 0.637. The number of hydrogen-bond donors (Lipinski definition) is 0. The summed E-state index contributed by atoms with van der Waals surface area (Å²) < 4.78 is 0. The van der Waals surface area contributed by atoms with Gasteiger partial charge in [0.1, 0.15) is 5.15 Å². The van der Waals surface area contributed by atoms with Gasteiger partial charge in [0.15, 0.2) is 5.82 Å². The van der Waals surface area contributed by atoms with E-state index in [1.54, 1.807) is 0 Å². The zero-order valence-electron chi connectivity index (χ0n) is 12.0. The van der Waals surface area contributed by atoms with Crippen LogP contribution in [0.1, 0.15) is 49.4 Å². The molecule has 0 fully saturated rings. The van der Waals surface area contributed by atoms with Crippen molar-refractivity contribution in [2.75, 3.05) is 0 Å². The Morgan fingerprint density at radius 2 is 1.70 bits per heavy atom. The number of benzene rings is 1. The lowest BCUT2D eigenvalue weighted by Gasteiger charge is -2.16. The summed E-state index contributed by atoms with van der Waals surface area (Å²) in [6, 6.07) is 8.49. The van der Waals surface area contributed by atoms with E-state index in [2.05, 4.69) is 43.1 Å². The summed E-state index contributed by atoms with van der Waals surface area (Å²) in [5.41, 5.74) is 4.67. The molecule has 1 aromatic heterocycles. The number of fused-ring (bicyclic) bond motifs is 1. The second-order valence-corrected chi connectivity index (χ2v) is 6.11. The smallest absolute Gasteiger partial charge is 0.161 e. The largest absolute Gasteiger partial charge is 0.233 e. The van der Waals surface area contributed by atoms with Gasteiger partial charge >= 0.3 is 0 Å². The van der Waals surface area contributed by atoms with Gasteiger partial charge in [0.25, 0.3) is 0 Å². The van der Waals surface area contributed by atoms with E-state index in [4.69, 9.17) is 16.6 Å². The molecule has 0 aliphatic heterocycles. The quantitative estimate of drug-likeness (QED) is 0.741. The van der Waals surface area contributed by atoms with Crippen molar-refractivity contribution in [2.24, 2.45) is 0 Å². The molecule has 104 valence electrons. The minimum Gasteiger partial charge on any atom is -0.233 e. The fourth-order valence-electron chi connectivity index (χ4n) is 2.69. The van der Waals surface area contributed by atoms with Crippen LogP contribution < -0.4 is 0 Å². The average molecular weight is 287 g/mol. The van der Waals surface area contributed by atoms with Gasteiger partial charge in [-0.1, -0.05) is 49.7 Å². The molecule has 0 saturated carbocycles. The predicted octanol–water partition coefficient (Wildman–Crippen LogP) is 4.80. The Labute approximate surface area is 125 Å². The molecule has 1 aliphatic rings. The molecule has 2 aromatic rings. The highest BCUT2D eigenvalue weighted by Crippen LogP contribution is 2.28. The van der Waals surface area contributed by atoms with Crippen molar-refractivity contribution in [3.05, 3.63) is 46.2 Å². The second kappa shape index (κ2) is 5.53. The maximum absolute atomic E-state index is 6.33. The molecule has 1 aromatic carbocycles. The molecule has 0 unspecified atom stereocenters. The highest BCUT2D eigenvalue weighted by atomic mass is 35.5. The SMILES string of the molecule is CC(C)c1ccc(-c2nc(Cl)c3c(n2)CCCC3)cc1. The predicted molar refractivity (Wildman–Crippen MR) is 83.2 cm³/mol. The minimum atomic E-state index is 0.539. The van der Waals surface area contributed by atoms with Crippen molar-refractivity contribution in [2.45, 2.75) is 45.4 Å². The summed E-state index contributed by atoms with van der Waals surface area (Å²) in [5.74, 6) is 1.29. The van der Waals surface area contributed by atoms with E-state index in [9.17, 15) is 0 Å². The lowest BCUT2D eigenvalue weighted by atomic mass is 9.97. The third-order valence-electron chi connectivity index (χ3n) is 3.97. The molecule has 20 heavy (non-hydrogen) atoms. The Hall–Kier alpha value is -1.41.